The second kappa shape index (κ2) is 12.7. The number of rotatable bonds is 12. The third kappa shape index (κ3) is 7.93. The smallest absolute Gasteiger partial charge is 0.326 e. The predicted octanol–water partition coefficient (Wildman–Crippen LogP) is -2.43. The van der Waals surface area contributed by atoms with Crippen LogP contribution in [0.15, 0.2) is 24.3 Å². The molecular weight excluding hydrogens is 462 g/mol. The van der Waals surface area contributed by atoms with Crippen LogP contribution in [0.25, 0.3) is 0 Å². The molecule has 0 aliphatic carbocycles. The molecule has 1 saturated heterocycles. The van der Waals surface area contributed by atoms with Crippen LogP contribution >= 0.6 is 0 Å². The second-order valence-corrected chi connectivity index (χ2v) is 8.31. The van der Waals surface area contributed by atoms with Gasteiger partial charge in [0.1, 0.15) is 23.9 Å². The molecule has 0 unspecified atom stereocenters. The van der Waals surface area contributed by atoms with E-state index in [2.05, 4.69) is 10.6 Å². The number of primary amides is 1. The Kier molecular flexibility index (Phi) is 9.97. The minimum absolute atomic E-state index is 0.00174. The third-order valence-electron chi connectivity index (χ3n) is 5.67. The summed E-state index contributed by atoms with van der Waals surface area (Å²) in [5, 5.41) is 33.4. The number of aliphatic carboxylic acids is 1. The second-order valence-electron chi connectivity index (χ2n) is 8.31. The number of aliphatic hydroxyl groups is 1. The fraction of sp³-hybridized carbons (Fsp3) is 0.500. The number of aromatic hydroxyl groups is 1. The van der Waals surface area contributed by atoms with Gasteiger partial charge in [-0.1, -0.05) is 12.1 Å². The molecule has 4 amide bonds. The number of aliphatic hydroxyl groups excluding tert-OH is 1. The molecule has 4 atom stereocenters. The SMILES string of the molecule is NC(=O)CC[C@H](N)C(=O)N[C@@H](CO)C(=O)N[C@@H](Cc1ccc(O)cc1)C(=O)N1CCC[C@H]1C(=O)O. The van der Waals surface area contributed by atoms with E-state index < -0.39 is 60.4 Å². The number of nitrogens with one attached hydrogen (secondary N) is 2. The van der Waals surface area contributed by atoms with Gasteiger partial charge >= 0.3 is 5.97 Å². The van der Waals surface area contributed by atoms with E-state index in [9.17, 15) is 39.3 Å². The number of hydrogen-bond acceptors (Lipinski definition) is 8. The van der Waals surface area contributed by atoms with E-state index in [0.29, 0.717) is 12.0 Å². The number of likely N-dealkylation sites (tertiary alicyclic amines) is 1. The maximum atomic E-state index is 13.2. The van der Waals surface area contributed by atoms with Gasteiger partial charge in [-0.05, 0) is 37.0 Å². The molecule has 0 radical (unpaired) electrons. The molecule has 0 saturated carbocycles. The van der Waals surface area contributed by atoms with E-state index in [1.807, 2.05) is 0 Å². The molecule has 0 aromatic heterocycles. The van der Waals surface area contributed by atoms with Crippen molar-refractivity contribution in [1.82, 2.24) is 15.5 Å². The molecule has 0 bridgehead atoms. The largest absolute Gasteiger partial charge is 0.508 e. The van der Waals surface area contributed by atoms with E-state index in [0.717, 1.165) is 0 Å². The van der Waals surface area contributed by atoms with Crippen molar-refractivity contribution in [3.05, 3.63) is 29.8 Å². The zero-order valence-electron chi connectivity index (χ0n) is 19.1. The number of amides is 4. The molecule has 35 heavy (non-hydrogen) atoms. The van der Waals surface area contributed by atoms with Gasteiger partial charge in [0.05, 0.1) is 12.6 Å². The van der Waals surface area contributed by atoms with Gasteiger partial charge in [0.15, 0.2) is 0 Å². The highest BCUT2D eigenvalue weighted by molar-refractivity contribution is 5.94. The first-order valence-corrected chi connectivity index (χ1v) is 11.1. The zero-order valence-corrected chi connectivity index (χ0v) is 19.1. The summed E-state index contributed by atoms with van der Waals surface area (Å²) in [6, 6.07) is 1.05. The standard InChI is InChI=1S/C22H31N5O8/c23-14(7-8-18(24)30)19(31)26-16(11-28)20(32)25-15(10-12-3-5-13(29)6-4-12)21(33)27-9-1-2-17(27)22(34)35/h3-6,14-17,28-29H,1-2,7-11,23H2,(H2,24,30)(H,25,32)(H,26,31)(H,34,35)/t14-,15-,16-,17-/m0/s1. The van der Waals surface area contributed by atoms with Gasteiger partial charge in [-0.3, -0.25) is 19.2 Å². The molecule has 9 N–H and O–H groups in total. The summed E-state index contributed by atoms with van der Waals surface area (Å²) in [5.74, 6) is -4.12. The lowest BCUT2D eigenvalue weighted by Crippen LogP contribution is -2.58. The van der Waals surface area contributed by atoms with Crippen molar-refractivity contribution in [3.63, 3.8) is 0 Å². The lowest BCUT2D eigenvalue weighted by atomic mass is 10.0. The van der Waals surface area contributed by atoms with E-state index in [4.69, 9.17) is 11.5 Å². The van der Waals surface area contributed by atoms with Crippen LogP contribution in [0.4, 0.5) is 0 Å². The minimum Gasteiger partial charge on any atom is -0.508 e. The van der Waals surface area contributed by atoms with Gasteiger partial charge in [0, 0.05) is 19.4 Å². The minimum atomic E-state index is -1.45. The summed E-state index contributed by atoms with van der Waals surface area (Å²) in [4.78, 5) is 62.0. The molecular formula is C22H31N5O8. The fourth-order valence-corrected chi connectivity index (χ4v) is 3.73. The van der Waals surface area contributed by atoms with Gasteiger partial charge in [-0.25, -0.2) is 4.79 Å². The predicted molar refractivity (Wildman–Crippen MR) is 122 cm³/mol. The molecule has 13 heteroatoms. The first-order valence-electron chi connectivity index (χ1n) is 11.1. The molecule has 192 valence electrons. The number of nitrogens with zero attached hydrogens (tertiary/aromatic N) is 1. The van der Waals surface area contributed by atoms with Crippen molar-refractivity contribution < 1.29 is 39.3 Å². The summed E-state index contributed by atoms with van der Waals surface area (Å²) < 4.78 is 0. The monoisotopic (exact) mass is 493 g/mol. The Morgan fingerprint density at radius 2 is 1.69 bits per heavy atom. The van der Waals surface area contributed by atoms with Gasteiger partial charge in [0.2, 0.25) is 23.6 Å². The Labute approximate surface area is 201 Å². The third-order valence-corrected chi connectivity index (χ3v) is 5.67. The van der Waals surface area contributed by atoms with Crippen LogP contribution < -0.4 is 22.1 Å². The number of carbonyl (C=O) groups is 5. The normalized spacial score (nSPS) is 17.8. The number of nitrogens with two attached hydrogens (primary N) is 2. The first-order chi connectivity index (χ1) is 16.5. The number of hydrogen-bond donors (Lipinski definition) is 7. The van der Waals surface area contributed by atoms with Crippen molar-refractivity contribution >= 4 is 29.6 Å². The molecule has 1 aliphatic heterocycles. The van der Waals surface area contributed by atoms with Crippen LogP contribution in [0, 0.1) is 0 Å². The lowest BCUT2D eigenvalue weighted by molar-refractivity contribution is -0.149. The fourth-order valence-electron chi connectivity index (χ4n) is 3.73. The number of phenolic OH excluding ortho intramolecular Hbond substituents is 1. The average molecular weight is 494 g/mol. The number of carbonyl (C=O) groups excluding carboxylic acids is 4. The van der Waals surface area contributed by atoms with Crippen LogP contribution in [0.2, 0.25) is 0 Å². The highest BCUT2D eigenvalue weighted by Gasteiger charge is 2.38. The zero-order chi connectivity index (χ0) is 26.1. The molecule has 1 aliphatic rings. The van der Waals surface area contributed by atoms with Gasteiger partial charge < -0.3 is 42.3 Å². The number of phenols is 1. The van der Waals surface area contributed by atoms with Crippen LogP contribution in [0.1, 0.15) is 31.2 Å². The molecule has 1 fully saturated rings. The van der Waals surface area contributed by atoms with E-state index in [1.54, 1.807) is 12.1 Å². The summed E-state index contributed by atoms with van der Waals surface area (Å²) in [5.41, 5.74) is 11.3. The lowest BCUT2D eigenvalue weighted by Gasteiger charge is -2.28. The van der Waals surface area contributed by atoms with E-state index in [-0.39, 0.29) is 38.0 Å². The highest BCUT2D eigenvalue weighted by atomic mass is 16.4. The Morgan fingerprint density at radius 3 is 2.26 bits per heavy atom. The van der Waals surface area contributed by atoms with Gasteiger partial charge in [0.25, 0.3) is 0 Å². The maximum absolute atomic E-state index is 13.2. The topological polar surface area (TPSA) is 225 Å². The van der Waals surface area contributed by atoms with Crippen molar-refractivity contribution in [2.75, 3.05) is 13.2 Å². The Morgan fingerprint density at radius 1 is 1.06 bits per heavy atom. The summed E-state index contributed by atoms with van der Waals surface area (Å²) in [6.07, 6.45) is 0.529. The van der Waals surface area contributed by atoms with Gasteiger partial charge in [-0.2, -0.15) is 0 Å². The highest BCUT2D eigenvalue weighted by Crippen LogP contribution is 2.20. The quantitative estimate of drug-likeness (QED) is 0.164. The number of carboxylic acid groups (broad SMARTS) is 1. The van der Waals surface area contributed by atoms with Crippen molar-refractivity contribution in [3.8, 4) is 5.75 Å². The van der Waals surface area contributed by atoms with Crippen LogP contribution in [-0.2, 0) is 30.4 Å². The molecule has 13 nitrogen and oxygen atoms in total. The molecule has 2 rings (SSSR count). The number of carboxylic acids is 1. The first kappa shape index (κ1) is 27.5. The molecule has 1 aromatic carbocycles. The van der Waals surface area contributed by atoms with E-state index >= 15 is 0 Å². The molecule has 0 spiro atoms. The molecule has 1 heterocycles. The van der Waals surface area contributed by atoms with Crippen LogP contribution in [0.3, 0.4) is 0 Å². The maximum Gasteiger partial charge on any atom is 0.326 e. The Bertz CT molecular complexity index is 938. The van der Waals surface area contributed by atoms with Crippen LogP contribution in [-0.4, -0.2) is 87.1 Å². The summed E-state index contributed by atoms with van der Waals surface area (Å²) in [7, 11) is 0. The average Bonchev–Trinajstić information content (AvgIpc) is 3.31. The van der Waals surface area contributed by atoms with Gasteiger partial charge in [-0.15, -0.1) is 0 Å². The summed E-state index contributed by atoms with van der Waals surface area (Å²) in [6.45, 7) is -0.603. The van der Waals surface area contributed by atoms with Crippen LogP contribution in [0.5, 0.6) is 5.75 Å². The Hall–Kier alpha value is -3.71. The van der Waals surface area contributed by atoms with Crippen molar-refractivity contribution in [2.45, 2.75) is 56.3 Å². The molecule has 1 aromatic rings. The summed E-state index contributed by atoms with van der Waals surface area (Å²) >= 11 is 0. The van der Waals surface area contributed by atoms with Crippen molar-refractivity contribution in [2.24, 2.45) is 11.5 Å². The van der Waals surface area contributed by atoms with Crippen molar-refractivity contribution in [1.29, 1.82) is 0 Å². The number of benzene rings is 1. The Balaban J connectivity index is 2.17. The van der Waals surface area contributed by atoms with E-state index in [1.165, 1.54) is 17.0 Å².